The van der Waals surface area contributed by atoms with Gasteiger partial charge in [0, 0.05) is 25.2 Å². The minimum Gasteiger partial charge on any atom is -0.444 e. The quantitative estimate of drug-likeness (QED) is 0.696. The number of aromatic nitrogens is 1. The summed E-state index contributed by atoms with van der Waals surface area (Å²) in [7, 11) is 0. The highest BCUT2D eigenvalue weighted by Crippen LogP contribution is 2.26. The summed E-state index contributed by atoms with van der Waals surface area (Å²) in [6.45, 7) is 4.45. The highest BCUT2D eigenvalue weighted by molar-refractivity contribution is 5.52. The van der Waals surface area contributed by atoms with Crippen molar-refractivity contribution in [2.45, 2.75) is 25.7 Å². The van der Waals surface area contributed by atoms with E-state index in [0.717, 1.165) is 24.3 Å². The van der Waals surface area contributed by atoms with Gasteiger partial charge in [-0.15, -0.1) is 0 Å². The standard InChI is InChI=1S/C21H21FN2O2/c1-15-11-24(13-20(26-15)16-5-3-2-4-6-16)12-19-14-25-21(23-19)17-7-9-18(22)10-8-17/h2-10,14-15,20H,11-13H2,1H3. The van der Waals surface area contributed by atoms with E-state index in [1.165, 1.54) is 17.7 Å². The maximum absolute atomic E-state index is 13.1. The SMILES string of the molecule is CC1CN(Cc2coc(-c3ccc(F)cc3)n2)CC(c2ccccc2)O1. The van der Waals surface area contributed by atoms with Gasteiger partial charge in [0.1, 0.15) is 12.1 Å². The molecule has 26 heavy (non-hydrogen) atoms. The molecule has 0 bridgehead atoms. The minimum absolute atomic E-state index is 0.0587. The second-order valence-corrected chi connectivity index (χ2v) is 6.69. The van der Waals surface area contributed by atoms with Crippen LogP contribution in [0.2, 0.25) is 0 Å². The van der Waals surface area contributed by atoms with Crippen molar-refractivity contribution in [2.24, 2.45) is 0 Å². The van der Waals surface area contributed by atoms with Crippen molar-refractivity contribution in [1.82, 2.24) is 9.88 Å². The summed E-state index contributed by atoms with van der Waals surface area (Å²) in [6.07, 6.45) is 1.89. The van der Waals surface area contributed by atoms with Gasteiger partial charge in [-0.3, -0.25) is 4.90 Å². The van der Waals surface area contributed by atoms with Crippen LogP contribution in [-0.2, 0) is 11.3 Å². The van der Waals surface area contributed by atoms with Crippen LogP contribution in [0.4, 0.5) is 4.39 Å². The Morgan fingerprint density at radius 1 is 1.08 bits per heavy atom. The molecule has 1 aliphatic rings. The van der Waals surface area contributed by atoms with E-state index in [1.54, 1.807) is 18.4 Å². The molecule has 0 spiro atoms. The Morgan fingerprint density at radius 3 is 2.62 bits per heavy atom. The van der Waals surface area contributed by atoms with E-state index in [-0.39, 0.29) is 18.0 Å². The molecule has 0 radical (unpaired) electrons. The van der Waals surface area contributed by atoms with Gasteiger partial charge in [-0.1, -0.05) is 30.3 Å². The van der Waals surface area contributed by atoms with Crippen molar-refractivity contribution in [3.05, 3.63) is 77.9 Å². The molecule has 2 heterocycles. The molecular weight excluding hydrogens is 331 g/mol. The van der Waals surface area contributed by atoms with Crippen molar-refractivity contribution in [2.75, 3.05) is 13.1 Å². The van der Waals surface area contributed by atoms with E-state index in [0.29, 0.717) is 12.4 Å². The molecule has 0 saturated carbocycles. The van der Waals surface area contributed by atoms with Crippen molar-refractivity contribution in [3.8, 4) is 11.5 Å². The Bertz CT molecular complexity index is 848. The fourth-order valence-electron chi connectivity index (χ4n) is 3.35. The monoisotopic (exact) mass is 352 g/mol. The van der Waals surface area contributed by atoms with Crippen molar-refractivity contribution >= 4 is 0 Å². The molecule has 1 saturated heterocycles. The number of oxazole rings is 1. The van der Waals surface area contributed by atoms with E-state index in [4.69, 9.17) is 9.15 Å². The average molecular weight is 352 g/mol. The molecule has 0 amide bonds. The Labute approximate surface area is 152 Å². The molecule has 1 fully saturated rings. The number of nitrogens with zero attached hydrogens (tertiary/aromatic N) is 2. The summed E-state index contributed by atoms with van der Waals surface area (Å²) in [5.41, 5.74) is 2.83. The first-order valence-corrected chi connectivity index (χ1v) is 8.80. The van der Waals surface area contributed by atoms with Crippen LogP contribution in [0, 0.1) is 5.82 Å². The molecule has 4 nitrogen and oxygen atoms in total. The second kappa shape index (κ2) is 7.40. The Morgan fingerprint density at radius 2 is 1.85 bits per heavy atom. The maximum atomic E-state index is 13.1. The number of benzene rings is 2. The number of morpholine rings is 1. The molecule has 2 atom stereocenters. The summed E-state index contributed by atoms with van der Waals surface area (Å²) in [4.78, 5) is 6.89. The fourth-order valence-corrected chi connectivity index (χ4v) is 3.35. The molecule has 1 aromatic heterocycles. The smallest absolute Gasteiger partial charge is 0.226 e. The Kier molecular flexibility index (Phi) is 4.82. The topological polar surface area (TPSA) is 38.5 Å². The highest BCUT2D eigenvalue weighted by atomic mass is 19.1. The third-order valence-electron chi connectivity index (χ3n) is 4.54. The lowest BCUT2D eigenvalue weighted by Gasteiger charge is -2.36. The summed E-state index contributed by atoms with van der Waals surface area (Å²) in [5.74, 6) is 0.246. The Balaban J connectivity index is 1.46. The fraction of sp³-hybridized carbons (Fsp3) is 0.286. The number of hydrogen-bond acceptors (Lipinski definition) is 4. The van der Waals surface area contributed by atoms with E-state index in [9.17, 15) is 4.39 Å². The van der Waals surface area contributed by atoms with Crippen molar-refractivity contribution < 1.29 is 13.5 Å². The van der Waals surface area contributed by atoms with Crippen molar-refractivity contribution in [3.63, 3.8) is 0 Å². The lowest BCUT2D eigenvalue weighted by molar-refractivity contribution is -0.0816. The predicted molar refractivity (Wildman–Crippen MR) is 96.9 cm³/mol. The maximum Gasteiger partial charge on any atom is 0.226 e. The first-order chi connectivity index (χ1) is 12.7. The van der Waals surface area contributed by atoms with Gasteiger partial charge in [0.15, 0.2) is 0 Å². The zero-order valence-corrected chi connectivity index (χ0v) is 14.6. The zero-order chi connectivity index (χ0) is 17.9. The molecule has 134 valence electrons. The van der Waals surface area contributed by atoms with E-state index in [1.807, 2.05) is 18.2 Å². The predicted octanol–water partition coefficient (Wildman–Crippen LogP) is 4.44. The first-order valence-electron chi connectivity index (χ1n) is 8.80. The van der Waals surface area contributed by atoms with Crippen LogP contribution < -0.4 is 0 Å². The lowest BCUT2D eigenvalue weighted by atomic mass is 10.1. The summed E-state index contributed by atoms with van der Waals surface area (Å²) >= 11 is 0. The minimum atomic E-state index is -0.269. The molecule has 1 aliphatic heterocycles. The second-order valence-electron chi connectivity index (χ2n) is 6.69. The van der Waals surface area contributed by atoms with Gasteiger partial charge in [0.05, 0.1) is 17.9 Å². The van der Waals surface area contributed by atoms with Crippen molar-refractivity contribution in [1.29, 1.82) is 0 Å². The molecule has 0 N–H and O–H groups in total. The van der Waals surface area contributed by atoms with Gasteiger partial charge >= 0.3 is 0 Å². The molecular formula is C21H21FN2O2. The van der Waals surface area contributed by atoms with Gasteiger partial charge < -0.3 is 9.15 Å². The zero-order valence-electron chi connectivity index (χ0n) is 14.6. The molecule has 3 aromatic rings. The molecule has 4 rings (SSSR count). The summed E-state index contributed by atoms with van der Waals surface area (Å²) in [5, 5.41) is 0. The third kappa shape index (κ3) is 3.84. The van der Waals surface area contributed by atoms with Gasteiger partial charge in [0.2, 0.25) is 5.89 Å². The number of ether oxygens (including phenoxy) is 1. The van der Waals surface area contributed by atoms with Crippen LogP contribution in [0.15, 0.2) is 65.3 Å². The number of hydrogen-bond donors (Lipinski definition) is 0. The summed E-state index contributed by atoms with van der Waals surface area (Å²) < 4.78 is 24.7. The van der Waals surface area contributed by atoms with Crippen LogP contribution in [0.1, 0.15) is 24.3 Å². The molecule has 2 unspecified atom stereocenters. The lowest BCUT2D eigenvalue weighted by Crippen LogP contribution is -2.42. The van der Waals surface area contributed by atoms with Crippen LogP contribution >= 0.6 is 0 Å². The van der Waals surface area contributed by atoms with Crippen LogP contribution in [-0.4, -0.2) is 29.1 Å². The van der Waals surface area contributed by atoms with Gasteiger partial charge in [-0.05, 0) is 36.8 Å². The molecule has 0 aliphatic carbocycles. The number of halogens is 1. The first kappa shape index (κ1) is 16.9. The van der Waals surface area contributed by atoms with Crippen LogP contribution in [0.3, 0.4) is 0 Å². The average Bonchev–Trinajstić information content (AvgIpc) is 3.11. The highest BCUT2D eigenvalue weighted by Gasteiger charge is 2.27. The molecule has 5 heteroatoms. The van der Waals surface area contributed by atoms with Crippen LogP contribution in [0.5, 0.6) is 0 Å². The largest absolute Gasteiger partial charge is 0.444 e. The van der Waals surface area contributed by atoms with Crippen LogP contribution in [0.25, 0.3) is 11.5 Å². The van der Waals surface area contributed by atoms with E-state index >= 15 is 0 Å². The molecule has 2 aromatic carbocycles. The van der Waals surface area contributed by atoms with E-state index < -0.39 is 0 Å². The van der Waals surface area contributed by atoms with Gasteiger partial charge in [-0.2, -0.15) is 0 Å². The van der Waals surface area contributed by atoms with Gasteiger partial charge in [0.25, 0.3) is 0 Å². The van der Waals surface area contributed by atoms with E-state index in [2.05, 4.69) is 28.9 Å². The Hall–Kier alpha value is -2.50. The summed E-state index contributed by atoms with van der Waals surface area (Å²) in [6, 6.07) is 16.5. The third-order valence-corrected chi connectivity index (χ3v) is 4.54. The number of rotatable bonds is 4. The van der Waals surface area contributed by atoms with Gasteiger partial charge in [-0.25, -0.2) is 9.37 Å². The normalized spacial score (nSPS) is 21.0.